The van der Waals surface area contributed by atoms with Gasteiger partial charge < -0.3 is 5.32 Å². The van der Waals surface area contributed by atoms with E-state index in [0.717, 1.165) is 17.0 Å². The third-order valence-electron chi connectivity index (χ3n) is 1.43. The van der Waals surface area contributed by atoms with Crippen LogP contribution >= 0.6 is 11.8 Å². The molecule has 0 aromatic heterocycles. The van der Waals surface area contributed by atoms with Crippen molar-refractivity contribution in [1.29, 1.82) is 0 Å². The van der Waals surface area contributed by atoms with Gasteiger partial charge in [0.25, 0.3) is 0 Å². The van der Waals surface area contributed by atoms with E-state index in [2.05, 4.69) is 18.2 Å². The molecule has 0 radical (unpaired) electrons. The first-order chi connectivity index (χ1) is 5.74. The summed E-state index contributed by atoms with van der Waals surface area (Å²) in [7, 11) is 1.91. The number of thioether (sulfide) groups is 1. The standard InChI is InChI=1S/C10H17NS/c1-5-10(11-3)7-6-9(2)8-12-4/h5-7,11H,2,8H2,1,3-4H3/b7-6-,10-5+. The van der Waals surface area contributed by atoms with Crippen molar-refractivity contribution in [2.24, 2.45) is 0 Å². The third-order valence-corrected chi connectivity index (χ3v) is 2.09. The number of hydrogen-bond acceptors (Lipinski definition) is 2. The highest BCUT2D eigenvalue weighted by molar-refractivity contribution is 7.98. The second-order valence-electron chi connectivity index (χ2n) is 2.42. The molecule has 0 aromatic carbocycles. The van der Waals surface area contributed by atoms with Gasteiger partial charge in [0.15, 0.2) is 0 Å². The van der Waals surface area contributed by atoms with E-state index < -0.39 is 0 Å². The average Bonchev–Trinajstić information content (AvgIpc) is 2.07. The Balaban J connectivity index is 3.96. The van der Waals surface area contributed by atoms with Gasteiger partial charge in [0.05, 0.1) is 0 Å². The summed E-state index contributed by atoms with van der Waals surface area (Å²) in [5, 5.41) is 3.08. The molecular weight excluding hydrogens is 166 g/mol. The Hall–Kier alpha value is -0.630. The zero-order chi connectivity index (χ0) is 9.40. The largest absolute Gasteiger partial charge is 0.388 e. The fourth-order valence-corrected chi connectivity index (χ4v) is 1.23. The van der Waals surface area contributed by atoms with E-state index in [1.165, 1.54) is 0 Å². The first-order valence-electron chi connectivity index (χ1n) is 3.93. The molecule has 0 amide bonds. The summed E-state index contributed by atoms with van der Waals surface area (Å²) in [4.78, 5) is 0. The molecule has 0 aliphatic heterocycles. The van der Waals surface area contributed by atoms with E-state index in [1.54, 1.807) is 11.8 Å². The number of allylic oxidation sites excluding steroid dienone is 3. The maximum absolute atomic E-state index is 3.92. The zero-order valence-electron chi connectivity index (χ0n) is 8.05. The molecule has 0 rings (SSSR count). The maximum atomic E-state index is 3.92. The van der Waals surface area contributed by atoms with Gasteiger partial charge in [-0.2, -0.15) is 11.8 Å². The Morgan fingerprint density at radius 3 is 2.58 bits per heavy atom. The molecule has 0 fully saturated rings. The van der Waals surface area contributed by atoms with Crippen molar-refractivity contribution in [3.8, 4) is 0 Å². The number of rotatable bonds is 5. The fourth-order valence-electron chi connectivity index (χ4n) is 0.765. The van der Waals surface area contributed by atoms with E-state index in [1.807, 2.05) is 32.2 Å². The van der Waals surface area contributed by atoms with Gasteiger partial charge in [-0.25, -0.2) is 0 Å². The first kappa shape index (κ1) is 11.4. The summed E-state index contributed by atoms with van der Waals surface area (Å²) < 4.78 is 0. The summed E-state index contributed by atoms with van der Waals surface area (Å²) in [5.41, 5.74) is 2.27. The van der Waals surface area contributed by atoms with Gasteiger partial charge in [0.1, 0.15) is 0 Å². The lowest BCUT2D eigenvalue weighted by molar-refractivity contribution is 1.03. The van der Waals surface area contributed by atoms with Crippen LogP contribution in [0, 0.1) is 0 Å². The molecule has 0 atom stereocenters. The van der Waals surface area contributed by atoms with Gasteiger partial charge in [-0.1, -0.05) is 18.7 Å². The van der Waals surface area contributed by atoms with Crippen LogP contribution in [0.4, 0.5) is 0 Å². The summed E-state index contributed by atoms with van der Waals surface area (Å²) in [6.07, 6.45) is 8.19. The van der Waals surface area contributed by atoms with Crippen LogP contribution < -0.4 is 5.32 Å². The highest BCUT2D eigenvalue weighted by Crippen LogP contribution is 2.04. The van der Waals surface area contributed by atoms with Crippen LogP contribution in [-0.4, -0.2) is 19.1 Å². The minimum atomic E-state index is 0.997. The third kappa shape index (κ3) is 5.08. The van der Waals surface area contributed by atoms with Crippen LogP contribution in [0.2, 0.25) is 0 Å². The Labute approximate surface area is 79.6 Å². The summed E-state index contributed by atoms with van der Waals surface area (Å²) in [6, 6.07) is 0. The topological polar surface area (TPSA) is 12.0 Å². The summed E-state index contributed by atoms with van der Waals surface area (Å²) >= 11 is 1.79. The highest BCUT2D eigenvalue weighted by atomic mass is 32.2. The van der Waals surface area contributed by atoms with Crippen LogP contribution in [0.3, 0.4) is 0 Å². The Bertz CT molecular complexity index is 192. The van der Waals surface area contributed by atoms with Crippen LogP contribution in [0.1, 0.15) is 6.92 Å². The predicted octanol–water partition coefficient (Wildman–Crippen LogP) is 2.59. The molecule has 1 N–H and O–H groups in total. The lowest BCUT2D eigenvalue weighted by Crippen LogP contribution is -2.02. The first-order valence-corrected chi connectivity index (χ1v) is 5.32. The van der Waals surface area contributed by atoms with E-state index in [-0.39, 0.29) is 0 Å². The van der Waals surface area contributed by atoms with Crippen molar-refractivity contribution in [2.75, 3.05) is 19.1 Å². The lowest BCUT2D eigenvalue weighted by Gasteiger charge is -1.99. The van der Waals surface area contributed by atoms with Crippen LogP contribution in [0.15, 0.2) is 36.1 Å². The molecular formula is C10H17NS. The summed E-state index contributed by atoms with van der Waals surface area (Å²) in [6.45, 7) is 5.93. The molecule has 0 aliphatic rings. The molecule has 12 heavy (non-hydrogen) atoms. The van der Waals surface area contributed by atoms with Gasteiger partial charge in [0, 0.05) is 18.5 Å². The molecule has 0 spiro atoms. The van der Waals surface area contributed by atoms with E-state index in [0.29, 0.717) is 0 Å². The SMILES string of the molecule is C=C(/C=C\C(=C/C)NC)CSC. The van der Waals surface area contributed by atoms with Gasteiger partial charge >= 0.3 is 0 Å². The van der Waals surface area contributed by atoms with Crippen molar-refractivity contribution < 1.29 is 0 Å². The van der Waals surface area contributed by atoms with Gasteiger partial charge in [0.2, 0.25) is 0 Å². The van der Waals surface area contributed by atoms with Crippen LogP contribution in [-0.2, 0) is 0 Å². The van der Waals surface area contributed by atoms with E-state index >= 15 is 0 Å². The molecule has 0 saturated heterocycles. The van der Waals surface area contributed by atoms with Gasteiger partial charge in [-0.3, -0.25) is 0 Å². The minimum absolute atomic E-state index is 0.997. The van der Waals surface area contributed by atoms with Crippen molar-refractivity contribution in [2.45, 2.75) is 6.92 Å². The maximum Gasteiger partial charge on any atom is 0.0294 e. The number of hydrogen-bond donors (Lipinski definition) is 1. The molecule has 0 aromatic rings. The molecule has 68 valence electrons. The van der Waals surface area contributed by atoms with E-state index in [9.17, 15) is 0 Å². The molecule has 1 nitrogen and oxygen atoms in total. The molecule has 2 heteroatoms. The Morgan fingerprint density at radius 1 is 1.50 bits per heavy atom. The minimum Gasteiger partial charge on any atom is -0.388 e. The predicted molar refractivity (Wildman–Crippen MR) is 59.5 cm³/mol. The molecule has 0 heterocycles. The van der Waals surface area contributed by atoms with Crippen molar-refractivity contribution >= 4 is 11.8 Å². The molecule has 0 unspecified atom stereocenters. The zero-order valence-corrected chi connectivity index (χ0v) is 8.87. The van der Waals surface area contributed by atoms with Crippen molar-refractivity contribution in [3.63, 3.8) is 0 Å². The lowest BCUT2D eigenvalue weighted by atomic mass is 10.3. The molecule has 0 bridgehead atoms. The average molecular weight is 183 g/mol. The van der Waals surface area contributed by atoms with Gasteiger partial charge in [-0.15, -0.1) is 0 Å². The van der Waals surface area contributed by atoms with Crippen molar-refractivity contribution in [3.05, 3.63) is 36.1 Å². The van der Waals surface area contributed by atoms with E-state index in [4.69, 9.17) is 0 Å². The quantitative estimate of drug-likeness (QED) is 0.657. The normalized spacial score (nSPS) is 12.1. The molecule has 0 saturated carbocycles. The second-order valence-corrected chi connectivity index (χ2v) is 3.28. The fraction of sp³-hybridized carbons (Fsp3) is 0.400. The summed E-state index contributed by atoms with van der Waals surface area (Å²) in [5.74, 6) is 0.997. The van der Waals surface area contributed by atoms with Crippen molar-refractivity contribution in [1.82, 2.24) is 5.32 Å². The second kappa shape index (κ2) is 7.04. The number of likely N-dealkylation sites (N-methyl/N-ethyl adjacent to an activating group) is 1. The van der Waals surface area contributed by atoms with Gasteiger partial charge in [-0.05, 0) is 24.8 Å². The Morgan fingerprint density at radius 2 is 2.17 bits per heavy atom. The van der Waals surface area contributed by atoms with Crippen LogP contribution in [0.25, 0.3) is 0 Å². The smallest absolute Gasteiger partial charge is 0.0294 e. The van der Waals surface area contributed by atoms with Crippen LogP contribution in [0.5, 0.6) is 0 Å². The highest BCUT2D eigenvalue weighted by Gasteiger charge is 1.87. The molecule has 0 aliphatic carbocycles. The number of nitrogens with one attached hydrogen (secondary N) is 1. The Kier molecular flexibility index (Phi) is 6.67. The monoisotopic (exact) mass is 183 g/mol.